The Labute approximate surface area is 136 Å². The second kappa shape index (κ2) is 6.00. The van der Waals surface area contributed by atoms with Crippen molar-refractivity contribution < 1.29 is 4.79 Å². The highest BCUT2D eigenvalue weighted by Crippen LogP contribution is 2.37. The number of thiophene rings is 1. The van der Waals surface area contributed by atoms with Gasteiger partial charge in [-0.25, -0.2) is 4.98 Å². The molecule has 3 rings (SSSR count). The third kappa shape index (κ3) is 3.52. The van der Waals surface area contributed by atoms with Crippen molar-refractivity contribution >= 4 is 70.4 Å². The van der Waals surface area contributed by atoms with Crippen molar-refractivity contribution in [2.45, 2.75) is 6.92 Å². The molecule has 21 heavy (non-hydrogen) atoms. The Hall–Kier alpha value is -1.64. The lowest BCUT2D eigenvalue weighted by molar-refractivity contribution is -0.114. The predicted molar refractivity (Wildman–Crippen MR) is 90.1 cm³/mol. The average Bonchev–Trinajstić information content (AvgIpc) is 2.94. The number of amides is 1. The first-order valence-electron chi connectivity index (χ1n) is 5.95. The molecule has 0 saturated heterocycles. The topological polar surface area (TPSA) is 66.7 Å². The first kappa shape index (κ1) is 14.3. The summed E-state index contributed by atoms with van der Waals surface area (Å²) >= 11 is 6.43. The Morgan fingerprint density at radius 3 is 2.67 bits per heavy atom. The summed E-state index contributed by atoms with van der Waals surface area (Å²) < 4.78 is 1.97. The van der Waals surface area contributed by atoms with E-state index in [0.29, 0.717) is 0 Å². The average molecular weight is 381 g/mol. The van der Waals surface area contributed by atoms with Gasteiger partial charge in [-0.05, 0) is 46.3 Å². The van der Waals surface area contributed by atoms with Crippen molar-refractivity contribution in [3.63, 3.8) is 0 Å². The summed E-state index contributed by atoms with van der Waals surface area (Å²) in [7, 11) is 0. The number of hydrogen-bond acceptors (Lipinski definition) is 6. The SMILES string of the molecule is CC(=O)Nc1ccc(N=Nc2cc3sc(Br)nc3s2)cc1. The number of nitrogens with one attached hydrogen (secondary N) is 1. The molecule has 0 saturated carbocycles. The van der Waals surface area contributed by atoms with E-state index in [1.165, 1.54) is 18.3 Å². The van der Waals surface area contributed by atoms with E-state index in [1.807, 2.05) is 6.07 Å². The Balaban J connectivity index is 1.75. The van der Waals surface area contributed by atoms with E-state index in [4.69, 9.17) is 0 Å². The van der Waals surface area contributed by atoms with Gasteiger partial charge < -0.3 is 5.32 Å². The number of anilines is 1. The Morgan fingerprint density at radius 2 is 2.00 bits per heavy atom. The van der Waals surface area contributed by atoms with Gasteiger partial charge in [0.2, 0.25) is 5.91 Å². The highest BCUT2D eigenvalue weighted by molar-refractivity contribution is 9.11. The summed E-state index contributed by atoms with van der Waals surface area (Å²) in [6.07, 6.45) is 0. The van der Waals surface area contributed by atoms with Crippen molar-refractivity contribution in [3.8, 4) is 0 Å². The molecule has 1 amide bonds. The predicted octanol–water partition coefficient (Wildman–Crippen LogP) is 5.49. The standard InChI is InChI=1S/C13H9BrN4OS2/c1-7(19)15-8-2-4-9(5-3-8)17-18-11-6-10-12(21-11)16-13(14)20-10/h2-6H,1H3,(H,15,19). The second-order valence-corrected chi connectivity index (χ2v) is 7.46. The van der Waals surface area contributed by atoms with Crippen LogP contribution in [0.25, 0.3) is 9.53 Å². The number of azo groups is 1. The van der Waals surface area contributed by atoms with E-state index in [0.717, 1.165) is 29.8 Å². The molecule has 2 aromatic heterocycles. The van der Waals surface area contributed by atoms with E-state index in [2.05, 4.69) is 36.5 Å². The summed E-state index contributed by atoms with van der Waals surface area (Å²) in [6.45, 7) is 1.47. The molecule has 3 aromatic rings. The quantitative estimate of drug-likeness (QED) is 0.609. The van der Waals surface area contributed by atoms with Crippen LogP contribution in [0.2, 0.25) is 0 Å². The molecule has 0 fully saturated rings. The number of hydrogen-bond donors (Lipinski definition) is 1. The molecule has 0 aliphatic heterocycles. The molecule has 0 spiro atoms. The molecule has 0 aliphatic rings. The van der Waals surface area contributed by atoms with Crippen LogP contribution >= 0.6 is 38.6 Å². The monoisotopic (exact) mass is 380 g/mol. The van der Waals surface area contributed by atoms with Crippen LogP contribution in [-0.2, 0) is 4.79 Å². The Morgan fingerprint density at radius 1 is 1.24 bits per heavy atom. The van der Waals surface area contributed by atoms with Gasteiger partial charge in [0.05, 0.1) is 10.4 Å². The number of nitrogens with zero attached hydrogens (tertiary/aromatic N) is 3. The summed E-state index contributed by atoms with van der Waals surface area (Å²) in [6, 6.07) is 9.17. The van der Waals surface area contributed by atoms with Gasteiger partial charge in [0.25, 0.3) is 0 Å². The lowest BCUT2D eigenvalue weighted by Crippen LogP contribution is -2.04. The summed E-state index contributed by atoms with van der Waals surface area (Å²) in [5.74, 6) is -0.0957. The normalized spacial score (nSPS) is 11.3. The lowest BCUT2D eigenvalue weighted by Gasteiger charge is -2.00. The molecule has 0 radical (unpaired) electrons. The van der Waals surface area contributed by atoms with E-state index in [9.17, 15) is 4.79 Å². The van der Waals surface area contributed by atoms with Crippen molar-refractivity contribution in [2.75, 3.05) is 5.32 Å². The number of fused-ring (bicyclic) bond motifs is 1. The van der Waals surface area contributed by atoms with Gasteiger partial charge in [0, 0.05) is 12.6 Å². The molecule has 0 unspecified atom stereocenters. The van der Waals surface area contributed by atoms with Gasteiger partial charge >= 0.3 is 0 Å². The minimum Gasteiger partial charge on any atom is -0.326 e. The van der Waals surface area contributed by atoms with Gasteiger partial charge in [0.15, 0.2) is 3.92 Å². The zero-order chi connectivity index (χ0) is 14.8. The van der Waals surface area contributed by atoms with Crippen LogP contribution in [0.4, 0.5) is 16.4 Å². The smallest absolute Gasteiger partial charge is 0.221 e. The van der Waals surface area contributed by atoms with Crippen molar-refractivity contribution in [2.24, 2.45) is 10.2 Å². The number of rotatable bonds is 3. The molecule has 1 N–H and O–H groups in total. The van der Waals surface area contributed by atoms with Crippen molar-refractivity contribution in [1.29, 1.82) is 0 Å². The Bertz CT molecular complexity index is 791. The van der Waals surface area contributed by atoms with Gasteiger partial charge in [-0.15, -0.1) is 21.6 Å². The van der Waals surface area contributed by atoms with E-state index in [-0.39, 0.29) is 5.91 Å². The van der Waals surface area contributed by atoms with E-state index < -0.39 is 0 Å². The van der Waals surface area contributed by atoms with Gasteiger partial charge in [-0.3, -0.25) is 4.79 Å². The van der Waals surface area contributed by atoms with Crippen LogP contribution in [0.15, 0.2) is 44.5 Å². The molecule has 106 valence electrons. The molecule has 8 heteroatoms. The van der Waals surface area contributed by atoms with Crippen LogP contribution in [-0.4, -0.2) is 10.9 Å². The molecule has 1 aromatic carbocycles. The molecular weight excluding hydrogens is 372 g/mol. The van der Waals surface area contributed by atoms with E-state index >= 15 is 0 Å². The molecule has 0 atom stereocenters. The highest BCUT2D eigenvalue weighted by Gasteiger charge is 2.06. The van der Waals surface area contributed by atoms with E-state index in [1.54, 1.807) is 35.6 Å². The number of thiazole rings is 1. The second-order valence-electron chi connectivity index (χ2n) is 4.15. The minimum absolute atomic E-state index is 0.0957. The fraction of sp³-hybridized carbons (Fsp3) is 0.0769. The third-order valence-electron chi connectivity index (χ3n) is 2.50. The van der Waals surface area contributed by atoms with Gasteiger partial charge in [-0.2, -0.15) is 0 Å². The van der Waals surface area contributed by atoms with Gasteiger partial charge in [-0.1, -0.05) is 11.3 Å². The molecule has 0 bridgehead atoms. The maximum absolute atomic E-state index is 10.9. The number of carbonyl (C=O) groups is 1. The zero-order valence-electron chi connectivity index (χ0n) is 10.8. The van der Waals surface area contributed by atoms with Gasteiger partial charge in [0.1, 0.15) is 9.83 Å². The summed E-state index contributed by atoms with van der Waals surface area (Å²) in [5.41, 5.74) is 1.47. The lowest BCUT2D eigenvalue weighted by atomic mass is 10.3. The van der Waals surface area contributed by atoms with Crippen LogP contribution in [0, 0.1) is 0 Å². The van der Waals surface area contributed by atoms with Crippen molar-refractivity contribution in [1.82, 2.24) is 4.98 Å². The minimum atomic E-state index is -0.0957. The van der Waals surface area contributed by atoms with Crippen LogP contribution < -0.4 is 5.32 Å². The van der Waals surface area contributed by atoms with Crippen LogP contribution in [0.1, 0.15) is 6.92 Å². The maximum atomic E-state index is 10.9. The number of benzene rings is 1. The van der Waals surface area contributed by atoms with Crippen LogP contribution in [0.5, 0.6) is 0 Å². The maximum Gasteiger partial charge on any atom is 0.221 e. The summed E-state index contributed by atoms with van der Waals surface area (Å²) in [4.78, 5) is 16.2. The zero-order valence-corrected chi connectivity index (χ0v) is 14.1. The Kier molecular flexibility index (Phi) is 4.09. The highest BCUT2D eigenvalue weighted by atomic mass is 79.9. The first-order valence-corrected chi connectivity index (χ1v) is 8.38. The number of aromatic nitrogens is 1. The fourth-order valence-corrected chi connectivity index (χ4v) is 4.24. The van der Waals surface area contributed by atoms with Crippen molar-refractivity contribution in [3.05, 3.63) is 34.2 Å². The fourth-order valence-electron chi connectivity index (χ4n) is 1.67. The number of carbonyl (C=O) groups excluding carboxylic acids is 1. The first-order chi connectivity index (χ1) is 10.1. The molecule has 0 aliphatic carbocycles. The molecule has 5 nitrogen and oxygen atoms in total. The third-order valence-corrected chi connectivity index (χ3v) is 5.00. The summed E-state index contributed by atoms with van der Waals surface area (Å²) in [5, 5.41) is 11.9. The molecular formula is C13H9BrN4OS2. The molecule has 2 heterocycles. The van der Waals surface area contributed by atoms with Crippen LogP contribution in [0.3, 0.4) is 0 Å². The number of halogens is 1. The largest absolute Gasteiger partial charge is 0.326 e.